The average molecular weight is 237 g/mol. The highest BCUT2D eigenvalue weighted by molar-refractivity contribution is 5.48. The van der Waals surface area contributed by atoms with Gasteiger partial charge in [0.2, 0.25) is 0 Å². The van der Waals surface area contributed by atoms with Gasteiger partial charge in [-0.15, -0.1) is 0 Å². The van der Waals surface area contributed by atoms with Crippen LogP contribution in [-0.2, 0) is 4.74 Å². The number of hydrogen-bond donors (Lipinski definition) is 0. The minimum absolute atomic E-state index is 0.0744. The van der Waals surface area contributed by atoms with Gasteiger partial charge in [-0.25, -0.2) is 0 Å². The normalized spacial score (nSPS) is 33.8. The zero-order chi connectivity index (χ0) is 11.7. The Kier molecular flexibility index (Phi) is 1.48. The van der Waals surface area contributed by atoms with Crippen LogP contribution in [0.15, 0.2) is 42.6 Å². The Hall–Kier alpha value is -1.87. The molecule has 3 nitrogen and oxygen atoms in total. The molecule has 0 radical (unpaired) electrons. The van der Waals surface area contributed by atoms with Crippen molar-refractivity contribution in [2.24, 2.45) is 0 Å². The van der Waals surface area contributed by atoms with Crippen molar-refractivity contribution in [2.45, 2.75) is 24.2 Å². The van der Waals surface area contributed by atoms with Gasteiger partial charge in [0.1, 0.15) is 18.0 Å². The van der Waals surface area contributed by atoms with Crippen LogP contribution in [0.4, 0.5) is 0 Å². The maximum Gasteiger partial charge on any atom is 0.141 e. The Labute approximate surface area is 104 Å². The summed E-state index contributed by atoms with van der Waals surface area (Å²) in [5, 5.41) is 0. The average Bonchev–Trinajstić information content (AvgIpc) is 3.07. The van der Waals surface area contributed by atoms with Gasteiger partial charge in [0.05, 0.1) is 17.7 Å². The van der Waals surface area contributed by atoms with Gasteiger partial charge in [-0.2, -0.15) is 0 Å². The van der Waals surface area contributed by atoms with Crippen LogP contribution >= 0.6 is 0 Å². The molecule has 3 aliphatic rings. The molecule has 0 N–H and O–H groups in total. The summed E-state index contributed by atoms with van der Waals surface area (Å²) in [6.45, 7) is 0. The predicted molar refractivity (Wildman–Crippen MR) is 64.4 cm³/mol. The van der Waals surface area contributed by atoms with Crippen molar-refractivity contribution in [1.29, 1.82) is 0 Å². The number of benzene rings is 1. The summed E-state index contributed by atoms with van der Waals surface area (Å²) in [5.74, 6) is 1.19. The smallest absolute Gasteiger partial charge is 0.141 e. The number of rotatable bonds is 0. The minimum Gasteiger partial charge on any atom is -0.485 e. The van der Waals surface area contributed by atoms with Crippen LogP contribution in [0.5, 0.6) is 5.75 Å². The molecule has 0 amide bonds. The number of ether oxygens (including phenoxy) is 2. The first-order chi connectivity index (χ1) is 8.93. The first-order valence-electron chi connectivity index (χ1n) is 6.29. The van der Waals surface area contributed by atoms with E-state index in [4.69, 9.17) is 9.47 Å². The van der Waals surface area contributed by atoms with Crippen molar-refractivity contribution in [3.63, 3.8) is 0 Å². The number of nitrogens with zero attached hydrogens (tertiary/aromatic N) is 1. The lowest BCUT2D eigenvalue weighted by atomic mass is 9.81. The molecule has 2 bridgehead atoms. The highest BCUT2D eigenvalue weighted by atomic mass is 16.6. The molecule has 3 heteroatoms. The van der Waals surface area contributed by atoms with Crippen molar-refractivity contribution in [3.8, 4) is 5.75 Å². The Morgan fingerprint density at radius 1 is 0.944 bits per heavy atom. The number of hydrogen-bond acceptors (Lipinski definition) is 3. The maximum absolute atomic E-state index is 6.10. The quantitative estimate of drug-likeness (QED) is 0.706. The van der Waals surface area contributed by atoms with E-state index < -0.39 is 0 Å². The van der Waals surface area contributed by atoms with Crippen LogP contribution < -0.4 is 4.74 Å². The van der Waals surface area contributed by atoms with Crippen molar-refractivity contribution < 1.29 is 9.47 Å². The van der Waals surface area contributed by atoms with Crippen LogP contribution in [-0.4, -0.2) is 11.1 Å². The molecule has 2 aromatic rings. The number of pyridine rings is 1. The highest BCUT2D eigenvalue weighted by Gasteiger charge is 2.58. The summed E-state index contributed by atoms with van der Waals surface area (Å²) in [7, 11) is 0. The van der Waals surface area contributed by atoms with E-state index in [1.165, 1.54) is 11.1 Å². The fraction of sp³-hybridized carbons (Fsp3) is 0.267. The van der Waals surface area contributed by atoms with E-state index in [9.17, 15) is 0 Å². The van der Waals surface area contributed by atoms with Crippen LogP contribution in [0.1, 0.15) is 34.9 Å². The van der Waals surface area contributed by atoms with E-state index in [2.05, 4.69) is 29.2 Å². The summed E-state index contributed by atoms with van der Waals surface area (Å²) in [5.41, 5.74) is 3.66. The molecule has 1 aromatic heterocycles. The van der Waals surface area contributed by atoms with Gasteiger partial charge in [-0.1, -0.05) is 24.3 Å². The second-order valence-electron chi connectivity index (χ2n) is 5.10. The van der Waals surface area contributed by atoms with Gasteiger partial charge in [-0.05, 0) is 23.3 Å². The fourth-order valence-corrected chi connectivity index (χ4v) is 3.56. The second-order valence-corrected chi connectivity index (χ2v) is 5.10. The minimum atomic E-state index is 0.0744. The van der Waals surface area contributed by atoms with Crippen LogP contribution in [0.2, 0.25) is 0 Å². The predicted octanol–water partition coefficient (Wildman–Crippen LogP) is 2.75. The molecular formula is C15H11NO2. The number of aromatic nitrogens is 1. The van der Waals surface area contributed by atoms with Crippen LogP contribution in [0, 0.1) is 0 Å². The van der Waals surface area contributed by atoms with E-state index in [1.807, 2.05) is 18.3 Å². The summed E-state index contributed by atoms with van der Waals surface area (Å²) < 4.78 is 12.1. The van der Waals surface area contributed by atoms with Crippen molar-refractivity contribution >= 4 is 0 Å². The Morgan fingerprint density at radius 3 is 2.67 bits per heavy atom. The molecule has 4 heterocycles. The van der Waals surface area contributed by atoms with Gasteiger partial charge in [-0.3, -0.25) is 4.98 Å². The van der Waals surface area contributed by atoms with Crippen LogP contribution in [0.3, 0.4) is 0 Å². The number of fused-ring (bicyclic) bond motifs is 10. The topological polar surface area (TPSA) is 31.4 Å². The molecule has 3 aliphatic heterocycles. The molecule has 18 heavy (non-hydrogen) atoms. The molecule has 0 spiro atoms. The van der Waals surface area contributed by atoms with E-state index in [1.54, 1.807) is 0 Å². The molecule has 0 aliphatic carbocycles. The molecule has 1 fully saturated rings. The van der Waals surface area contributed by atoms with Crippen molar-refractivity contribution in [2.75, 3.05) is 0 Å². The zero-order valence-electron chi connectivity index (χ0n) is 9.61. The zero-order valence-corrected chi connectivity index (χ0v) is 9.61. The van der Waals surface area contributed by atoms with Gasteiger partial charge in [0, 0.05) is 6.20 Å². The summed E-state index contributed by atoms with van der Waals surface area (Å²) in [6.07, 6.45) is 2.13. The standard InChI is InChI=1S/C15H11NO2/c1-2-5-9-8(4-1)13-11-12-10(6-3-7-16-12)17-15(11)14(9)18-13/h1-7,11,13-15H. The fourth-order valence-electron chi connectivity index (χ4n) is 3.56. The lowest BCUT2D eigenvalue weighted by Crippen LogP contribution is -2.25. The molecule has 1 saturated heterocycles. The van der Waals surface area contributed by atoms with Crippen molar-refractivity contribution in [3.05, 3.63) is 59.4 Å². The van der Waals surface area contributed by atoms with E-state index >= 15 is 0 Å². The molecule has 0 saturated carbocycles. The van der Waals surface area contributed by atoms with Gasteiger partial charge in [0.25, 0.3) is 0 Å². The lowest BCUT2D eigenvalue weighted by Gasteiger charge is -2.22. The molecule has 5 rings (SSSR count). The molecular weight excluding hydrogens is 226 g/mol. The second kappa shape index (κ2) is 2.93. The third-order valence-corrected chi connectivity index (χ3v) is 4.26. The molecule has 88 valence electrons. The summed E-state index contributed by atoms with van der Waals surface area (Å²) in [6, 6.07) is 12.4. The van der Waals surface area contributed by atoms with Crippen molar-refractivity contribution in [1.82, 2.24) is 4.98 Å². The van der Waals surface area contributed by atoms with Gasteiger partial charge in [0.15, 0.2) is 0 Å². The lowest BCUT2D eigenvalue weighted by molar-refractivity contribution is 0.0363. The third kappa shape index (κ3) is 0.896. The highest BCUT2D eigenvalue weighted by Crippen LogP contribution is 2.62. The van der Waals surface area contributed by atoms with E-state index in [0.717, 1.165) is 11.4 Å². The van der Waals surface area contributed by atoms with Crippen LogP contribution in [0.25, 0.3) is 0 Å². The van der Waals surface area contributed by atoms with E-state index in [-0.39, 0.29) is 24.2 Å². The summed E-state index contributed by atoms with van der Waals surface area (Å²) in [4.78, 5) is 4.49. The monoisotopic (exact) mass is 237 g/mol. The van der Waals surface area contributed by atoms with Gasteiger partial charge < -0.3 is 9.47 Å². The third-order valence-electron chi connectivity index (χ3n) is 4.26. The Balaban J connectivity index is 1.72. The first-order valence-corrected chi connectivity index (χ1v) is 6.29. The van der Waals surface area contributed by atoms with Gasteiger partial charge >= 0.3 is 0 Å². The van der Waals surface area contributed by atoms with E-state index in [0.29, 0.717) is 0 Å². The first kappa shape index (κ1) is 9.11. The molecule has 4 atom stereocenters. The molecule has 4 unspecified atom stereocenters. The maximum atomic E-state index is 6.10. The SMILES string of the molecule is c1cnc2c(c1)OC1C3OC(c4ccccc43)C21. The largest absolute Gasteiger partial charge is 0.485 e. The Bertz CT molecular complexity index is 654. The molecule has 1 aromatic carbocycles. The summed E-state index contributed by atoms with van der Waals surface area (Å²) >= 11 is 0. The Morgan fingerprint density at radius 2 is 1.78 bits per heavy atom.